The van der Waals surface area contributed by atoms with E-state index in [0.29, 0.717) is 0 Å². The number of aromatic nitrogens is 2. The minimum atomic E-state index is 1.04. The molecule has 0 saturated carbocycles. The Hall–Kier alpha value is -3.52. The molecule has 2 aromatic heterocycles. The van der Waals surface area contributed by atoms with Gasteiger partial charge in [0.05, 0.1) is 16.5 Å². The van der Waals surface area contributed by atoms with E-state index in [9.17, 15) is 0 Å². The Kier molecular flexibility index (Phi) is 3.25. The number of hydrogen-bond donors (Lipinski definition) is 0. The van der Waals surface area contributed by atoms with Gasteiger partial charge in [-0.15, -0.1) is 0 Å². The van der Waals surface area contributed by atoms with Gasteiger partial charge in [-0.2, -0.15) is 9.13 Å². The number of hydrogen-bond acceptors (Lipinski definition) is 0. The van der Waals surface area contributed by atoms with Gasteiger partial charge < -0.3 is 0 Å². The first-order valence-electron chi connectivity index (χ1n) is 10.9. The van der Waals surface area contributed by atoms with E-state index in [4.69, 9.17) is 0 Å². The van der Waals surface area contributed by atoms with Crippen molar-refractivity contribution in [3.05, 3.63) is 96.3 Å². The summed E-state index contributed by atoms with van der Waals surface area (Å²) in [5.41, 5.74) is 8.58. The van der Waals surface area contributed by atoms with Crippen molar-refractivity contribution in [3.63, 3.8) is 0 Å². The van der Waals surface area contributed by atoms with E-state index in [1.807, 2.05) is 0 Å². The maximum absolute atomic E-state index is 2.47. The van der Waals surface area contributed by atoms with Crippen molar-refractivity contribution in [1.29, 1.82) is 0 Å². The molecule has 2 heteroatoms. The average molecular weight is 386 g/mol. The van der Waals surface area contributed by atoms with Crippen LogP contribution in [0.4, 0.5) is 0 Å². The van der Waals surface area contributed by atoms with Gasteiger partial charge in [0.1, 0.15) is 0 Å². The second-order valence-corrected chi connectivity index (χ2v) is 8.56. The van der Waals surface area contributed by atoms with E-state index in [1.165, 1.54) is 55.2 Å². The Labute approximate surface area is 175 Å². The van der Waals surface area contributed by atoms with Gasteiger partial charge >= 0.3 is 0 Å². The van der Waals surface area contributed by atoms with Gasteiger partial charge in [-0.3, -0.25) is 0 Å². The first-order chi connectivity index (χ1) is 14.9. The highest BCUT2D eigenvalue weighted by molar-refractivity contribution is 5.99. The van der Waals surface area contributed by atoms with E-state index in [-0.39, 0.29) is 0 Å². The number of aryl methyl sites for hydroxylation is 4. The first kappa shape index (κ1) is 16.3. The lowest BCUT2D eigenvalue weighted by atomic mass is 9.83. The zero-order valence-corrected chi connectivity index (χ0v) is 16.8. The van der Waals surface area contributed by atoms with Crippen molar-refractivity contribution in [1.82, 2.24) is 0 Å². The van der Waals surface area contributed by atoms with Crippen LogP contribution in [0.2, 0.25) is 0 Å². The zero-order valence-electron chi connectivity index (χ0n) is 16.8. The molecule has 30 heavy (non-hydrogen) atoms. The molecule has 0 saturated heterocycles. The maximum atomic E-state index is 2.47. The zero-order chi connectivity index (χ0) is 19.7. The molecule has 7 rings (SSSR count). The summed E-state index contributed by atoms with van der Waals surface area (Å²) in [6, 6.07) is 27.0. The fourth-order valence-corrected chi connectivity index (χ4v) is 5.50. The molecule has 4 heterocycles. The standard InChI is InChI=1S/C28H22N2/c1-2-7-23-18-30-16-13-20-9-10-21-12-15-29-14-11-19-5-3-4-8-24(19)28(29)27(21)26(20)25(30)17-22(23)6-1/h1-11,14,17-18H,12-13,15-16H2/q+2. The molecule has 0 unspecified atom stereocenters. The third-order valence-electron chi connectivity index (χ3n) is 6.94. The van der Waals surface area contributed by atoms with E-state index >= 15 is 0 Å². The predicted octanol–water partition coefficient (Wildman–Crippen LogP) is 5.01. The molecular weight excluding hydrogens is 364 g/mol. The van der Waals surface area contributed by atoms with Crippen molar-refractivity contribution in [2.24, 2.45) is 0 Å². The van der Waals surface area contributed by atoms with Gasteiger partial charge in [0.15, 0.2) is 25.5 Å². The summed E-state index contributed by atoms with van der Waals surface area (Å²) < 4.78 is 4.93. The lowest BCUT2D eigenvalue weighted by Crippen LogP contribution is -2.43. The summed E-state index contributed by atoms with van der Waals surface area (Å²) in [6.45, 7) is 2.09. The quantitative estimate of drug-likeness (QED) is 0.330. The summed E-state index contributed by atoms with van der Waals surface area (Å²) in [5.74, 6) is 0. The van der Waals surface area contributed by atoms with Crippen LogP contribution in [-0.4, -0.2) is 0 Å². The fraction of sp³-hybridized carbons (Fsp3) is 0.143. The minimum absolute atomic E-state index is 1.04. The van der Waals surface area contributed by atoms with Crippen LogP contribution in [0.1, 0.15) is 11.1 Å². The van der Waals surface area contributed by atoms with Crippen molar-refractivity contribution >= 4 is 21.5 Å². The molecule has 0 N–H and O–H groups in total. The van der Waals surface area contributed by atoms with Gasteiger partial charge in [-0.25, -0.2) is 0 Å². The highest BCUT2D eigenvalue weighted by Gasteiger charge is 2.34. The van der Waals surface area contributed by atoms with Crippen molar-refractivity contribution in [3.8, 4) is 22.5 Å². The summed E-state index contributed by atoms with van der Waals surface area (Å²) in [7, 11) is 0. The molecule has 2 aliphatic heterocycles. The average Bonchev–Trinajstić information content (AvgIpc) is 2.81. The van der Waals surface area contributed by atoms with Crippen molar-refractivity contribution in [2.75, 3.05) is 0 Å². The molecule has 0 aliphatic carbocycles. The van der Waals surface area contributed by atoms with Gasteiger partial charge in [-0.1, -0.05) is 48.5 Å². The van der Waals surface area contributed by atoms with Crippen LogP contribution in [0, 0.1) is 0 Å². The molecule has 0 fully saturated rings. The molecule has 0 atom stereocenters. The number of nitrogens with zero attached hydrogens (tertiary/aromatic N) is 2. The van der Waals surface area contributed by atoms with Gasteiger partial charge in [-0.05, 0) is 34.0 Å². The fourth-order valence-electron chi connectivity index (χ4n) is 5.50. The molecule has 0 bridgehead atoms. The molecular formula is C28H22N2+2. The van der Waals surface area contributed by atoms with Crippen LogP contribution >= 0.6 is 0 Å². The van der Waals surface area contributed by atoms with Crippen LogP contribution in [0.5, 0.6) is 0 Å². The number of rotatable bonds is 0. The predicted molar refractivity (Wildman–Crippen MR) is 120 cm³/mol. The van der Waals surface area contributed by atoms with Crippen LogP contribution in [0.25, 0.3) is 44.1 Å². The van der Waals surface area contributed by atoms with Gasteiger partial charge in [0.25, 0.3) is 0 Å². The number of pyridine rings is 2. The number of benzene rings is 3. The molecule has 142 valence electrons. The third kappa shape index (κ3) is 2.19. The molecule has 2 nitrogen and oxygen atoms in total. The van der Waals surface area contributed by atoms with E-state index in [0.717, 1.165) is 25.9 Å². The Morgan fingerprint density at radius 2 is 1.30 bits per heavy atom. The van der Waals surface area contributed by atoms with Crippen molar-refractivity contribution in [2.45, 2.75) is 25.9 Å². The third-order valence-corrected chi connectivity index (χ3v) is 6.94. The topological polar surface area (TPSA) is 7.76 Å². The van der Waals surface area contributed by atoms with Crippen LogP contribution in [0.3, 0.4) is 0 Å². The maximum Gasteiger partial charge on any atom is 0.221 e. The Balaban J connectivity index is 1.62. The van der Waals surface area contributed by atoms with Gasteiger partial charge in [0, 0.05) is 30.4 Å². The number of fused-ring (bicyclic) bond motifs is 10. The van der Waals surface area contributed by atoms with Crippen LogP contribution in [0.15, 0.2) is 85.2 Å². The molecule has 0 radical (unpaired) electrons. The highest BCUT2D eigenvalue weighted by Crippen LogP contribution is 2.41. The Bertz CT molecular complexity index is 1500. The smallest absolute Gasteiger partial charge is 0.197 e. The molecule has 5 aromatic rings. The van der Waals surface area contributed by atoms with Crippen LogP contribution in [-0.2, 0) is 25.9 Å². The second kappa shape index (κ2) is 5.99. The molecule has 3 aromatic carbocycles. The lowest BCUT2D eigenvalue weighted by Gasteiger charge is -2.23. The van der Waals surface area contributed by atoms with Gasteiger partial charge in [0.2, 0.25) is 11.4 Å². The normalized spacial score (nSPS) is 14.1. The Morgan fingerprint density at radius 1 is 0.600 bits per heavy atom. The minimum Gasteiger partial charge on any atom is -0.197 e. The second-order valence-electron chi connectivity index (χ2n) is 8.56. The molecule has 0 spiro atoms. The summed E-state index contributed by atoms with van der Waals surface area (Å²) in [5, 5.41) is 5.30. The lowest BCUT2D eigenvalue weighted by molar-refractivity contribution is -0.688. The van der Waals surface area contributed by atoms with E-state index < -0.39 is 0 Å². The first-order valence-corrected chi connectivity index (χ1v) is 10.9. The van der Waals surface area contributed by atoms with E-state index in [2.05, 4.69) is 94.3 Å². The summed E-state index contributed by atoms with van der Waals surface area (Å²) in [6.07, 6.45) is 6.79. The molecule has 2 aliphatic rings. The van der Waals surface area contributed by atoms with E-state index in [1.54, 1.807) is 0 Å². The van der Waals surface area contributed by atoms with Crippen LogP contribution < -0.4 is 9.13 Å². The summed E-state index contributed by atoms with van der Waals surface area (Å²) in [4.78, 5) is 0. The molecule has 0 amide bonds. The summed E-state index contributed by atoms with van der Waals surface area (Å²) >= 11 is 0. The van der Waals surface area contributed by atoms with Crippen molar-refractivity contribution < 1.29 is 9.13 Å². The monoisotopic (exact) mass is 386 g/mol. The Morgan fingerprint density at radius 3 is 2.17 bits per heavy atom. The SMILES string of the molecule is c1ccc2c[n+]3c(cc2c1)-c1c(ccc2c1-c1c4ccccc4cc[n+]1CC2)CC3. The highest BCUT2D eigenvalue weighted by atomic mass is 15.0. The largest absolute Gasteiger partial charge is 0.221 e.